The van der Waals surface area contributed by atoms with E-state index in [0.717, 1.165) is 18.2 Å². The molecule has 7 heteroatoms. The van der Waals surface area contributed by atoms with Crippen molar-refractivity contribution < 1.29 is 28.6 Å². The molecule has 0 fully saturated rings. The molecule has 2 N–H and O–H groups in total. The molecule has 1 aromatic carbocycles. The summed E-state index contributed by atoms with van der Waals surface area (Å²) in [7, 11) is 1.56. The standard InChI is InChI=1S/C19H23NO6/c1-12(2)6-7-25-15-5-4-13(8-16(15)24-3)10-20-18(21)17-9-14(11-26-17)19(22)23/h4-5,8-9,11-12H,6-7,10H2,1-3H3,(H,20,21)(H,22,23). The van der Waals surface area contributed by atoms with Gasteiger partial charge in [-0.1, -0.05) is 19.9 Å². The molecule has 0 atom stereocenters. The highest BCUT2D eigenvalue weighted by atomic mass is 16.5. The fraction of sp³-hybridized carbons (Fsp3) is 0.368. The number of carboxylic acid groups (broad SMARTS) is 1. The van der Waals surface area contributed by atoms with E-state index in [1.54, 1.807) is 19.2 Å². The fourth-order valence-electron chi connectivity index (χ4n) is 2.18. The SMILES string of the molecule is COc1cc(CNC(=O)c2cc(C(=O)O)co2)ccc1OCCC(C)C. The van der Waals surface area contributed by atoms with Crippen LogP contribution in [0.15, 0.2) is 34.9 Å². The highest BCUT2D eigenvalue weighted by Crippen LogP contribution is 2.28. The summed E-state index contributed by atoms with van der Waals surface area (Å²) in [4.78, 5) is 22.8. The van der Waals surface area contributed by atoms with Crippen LogP contribution in [0, 0.1) is 5.92 Å². The maximum atomic E-state index is 12.0. The van der Waals surface area contributed by atoms with Gasteiger partial charge in [-0.15, -0.1) is 0 Å². The molecule has 1 heterocycles. The first-order chi connectivity index (χ1) is 12.4. The van der Waals surface area contributed by atoms with E-state index in [1.807, 2.05) is 6.07 Å². The van der Waals surface area contributed by atoms with Gasteiger partial charge in [-0.25, -0.2) is 4.79 Å². The number of hydrogen-bond acceptors (Lipinski definition) is 5. The van der Waals surface area contributed by atoms with Crippen molar-refractivity contribution in [1.82, 2.24) is 5.32 Å². The third-order valence-electron chi connectivity index (χ3n) is 3.70. The van der Waals surface area contributed by atoms with E-state index in [0.29, 0.717) is 24.0 Å². The second kappa shape index (κ2) is 8.94. The number of nitrogens with one attached hydrogen (secondary N) is 1. The molecule has 0 unspecified atom stereocenters. The zero-order valence-corrected chi connectivity index (χ0v) is 15.1. The van der Waals surface area contributed by atoms with E-state index in [1.165, 1.54) is 6.07 Å². The van der Waals surface area contributed by atoms with Crippen LogP contribution < -0.4 is 14.8 Å². The van der Waals surface area contributed by atoms with Gasteiger partial charge in [-0.3, -0.25) is 4.79 Å². The lowest BCUT2D eigenvalue weighted by Crippen LogP contribution is -2.22. The fourth-order valence-corrected chi connectivity index (χ4v) is 2.18. The first-order valence-electron chi connectivity index (χ1n) is 8.30. The summed E-state index contributed by atoms with van der Waals surface area (Å²) < 4.78 is 16.0. The molecule has 2 rings (SSSR count). The Hall–Kier alpha value is -2.96. The van der Waals surface area contributed by atoms with Crippen LogP contribution in [-0.2, 0) is 6.54 Å². The molecule has 0 aliphatic rings. The number of carboxylic acids is 1. The largest absolute Gasteiger partial charge is 0.493 e. The van der Waals surface area contributed by atoms with Gasteiger partial charge in [-0.05, 0) is 30.0 Å². The Balaban J connectivity index is 1.96. The van der Waals surface area contributed by atoms with Gasteiger partial charge in [0.2, 0.25) is 0 Å². The lowest BCUT2D eigenvalue weighted by atomic mass is 10.1. The van der Waals surface area contributed by atoms with Gasteiger partial charge in [0, 0.05) is 12.6 Å². The molecular formula is C19H23NO6. The Morgan fingerprint density at radius 1 is 1.23 bits per heavy atom. The van der Waals surface area contributed by atoms with Gasteiger partial charge in [-0.2, -0.15) is 0 Å². The number of methoxy groups -OCH3 is 1. The van der Waals surface area contributed by atoms with Crippen LogP contribution in [0.1, 0.15) is 46.7 Å². The molecule has 1 amide bonds. The normalized spacial score (nSPS) is 10.6. The van der Waals surface area contributed by atoms with E-state index >= 15 is 0 Å². The van der Waals surface area contributed by atoms with Crippen molar-refractivity contribution in [2.45, 2.75) is 26.8 Å². The van der Waals surface area contributed by atoms with Crippen molar-refractivity contribution in [3.63, 3.8) is 0 Å². The number of ether oxygens (including phenoxy) is 2. The number of carbonyl (C=O) groups excluding carboxylic acids is 1. The van der Waals surface area contributed by atoms with E-state index in [4.69, 9.17) is 19.0 Å². The van der Waals surface area contributed by atoms with E-state index < -0.39 is 11.9 Å². The highest BCUT2D eigenvalue weighted by molar-refractivity contribution is 5.95. The third-order valence-corrected chi connectivity index (χ3v) is 3.70. The van der Waals surface area contributed by atoms with Crippen LogP contribution >= 0.6 is 0 Å². The number of rotatable bonds is 9. The summed E-state index contributed by atoms with van der Waals surface area (Å²) in [6.07, 6.45) is 1.98. The molecule has 0 saturated carbocycles. The first kappa shape index (κ1) is 19.4. The summed E-state index contributed by atoms with van der Waals surface area (Å²) in [6.45, 7) is 5.11. The molecule has 0 radical (unpaired) electrons. The van der Waals surface area contributed by atoms with E-state index in [9.17, 15) is 9.59 Å². The average molecular weight is 361 g/mol. The van der Waals surface area contributed by atoms with Crippen molar-refractivity contribution in [2.75, 3.05) is 13.7 Å². The summed E-state index contributed by atoms with van der Waals surface area (Å²) >= 11 is 0. The Morgan fingerprint density at radius 2 is 2.00 bits per heavy atom. The number of amides is 1. The second-order valence-electron chi connectivity index (χ2n) is 6.20. The Kier molecular flexibility index (Phi) is 6.66. The lowest BCUT2D eigenvalue weighted by molar-refractivity contribution is 0.0695. The van der Waals surface area contributed by atoms with Gasteiger partial charge in [0.05, 0.1) is 19.3 Å². The van der Waals surface area contributed by atoms with Crippen molar-refractivity contribution in [1.29, 1.82) is 0 Å². The molecule has 140 valence electrons. The van der Waals surface area contributed by atoms with Crippen LogP contribution in [0.5, 0.6) is 11.5 Å². The third kappa shape index (κ3) is 5.27. The van der Waals surface area contributed by atoms with Crippen molar-refractivity contribution >= 4 is 11.9 Å². The van der Waals surface area contributed by atoms with Gasteiger partial charge >= 0.3 is 5.97 Å². The second-order valence-corrected chi connectivity index (χ2v) is 6.20. The maximum absolute atomic E-state index is 12.0. The molecule has 2 aromatic rings. The summed E-state index contributed by atoms with van der Waals surface area (Å²) in [5.41, 5.74) is 0.746. The van der Waals surface area contributed by atoms with Gasteiger partial charge in [0.1, 0.15) is 6.26 Å². The summed E-state index contributed by atoms with van der Waals surface area (Å²) in [6, 6.07) is 6.61. The van der Waals surface area contributed by atoms with Crippen LogP contribution in [0.4, 0.5) is 0 Å². The van der Waals surface area contributed by atoms with Gasteiger partial charge in [0.25, 0.3) is 5.91 Å². The topological polar surface area (TPSA) is 98.0 Å². The number of benzene rings is 1. The zero-order valence-electron chi connectivity index (χ0n) is 15.1. The molecular weight excluding hydrogens is 338 g/mol. The van der Waals surface area contributed by atoms with Crippen LogP contribution in [0.25, 0.3) is 0 Å². The molecule has 0 bridgehead atoms. The molecule has 0 aliphatic heterocycles. The maximum Gasteiger partial charge on any atom is 0.338 e. The van der Waals surface area contributed by atoms with Gasteiger partial charge in [0.15, 0.2) is 17.3 Å². The lowest BCUT2D eigenvalue weighted by Gasteiger charge is -2.13. The minimum Gasteiger partial charge on any atom is -0.493 e. The summed E-state index contributed by atoms with van der Waals surface area (Å²) in [5, 5.41) is 11.5. The van der Waals surface area contributed by atoms with Crippen molar-refractivity contribution in [3.8, 4) is 11.5 Å². The quantitative estimate of drug-likeness (QED) is 0.711. The smallest absolute Gasteiger partial charge is 0.338 e. The predicted molar refractivity (Wildman–Crippen MR) is 94.8 cm³/mol. The summed E-state index contributed by atoms with van der Waals surface area (Å²) in [5.74, 6) is 0.105. The molecule has 26 heavy (non-hydrogen) atoms. The number of aromatic carboxylic acids is 1. The highest BCUT2D eigenvalue weighted by Gasteiger charge is 2.15. The number of hydrogen-bond donors (Lipinski definition) is 2. The predicted octanol–water partition coefficient (Wildman–Crippen LogP) is 3.34. The molecule has 0 spiro atoms. The van der Waals surface area contributed by atoms with Crippen molar-refractivity contribution in [2.24, 2.45) is 5.92 Å². The minimum atomic E-state index is -1.15. The van der Waals surface area contributed by atoms with Crippen LogP contribution in [0.2, 0.25) is 0 Å². The van der Waals surface area contributed by atoms with Crippen LogP contribution in [0.3, 0.4) is 0 Å². The Morgan fingerprint density at radius 3 is 2.62 bits per heavy atom. The molecule has 7 nitrogen and oxygen atoms in total. The molecule has 0 saturated heterocycles. The number of carbonyl (C=O) groups is 2. The Bertz CT molecular complexity index is 765. The minimum absolute atomic E-state index is 0.0528. The van der Waals surface area contributed by atoms with E-state index in [2.05, 4.69) is 19.2 Å². The zero-order chi connectivity index (χ0) is 19.1. The number of furan rings is 1. The van der Waals surface area contributed by atoms with E-state index in [-0.39, 0.29) is 17.9 Å². The molecule has 1 aromatic heterocycles. The van der Waals surface area contributed by atoms with Crippen LogP contribution in [-0.4, -0.2) is 30.7 Å². The average Bonchev–Trinajstić information content (AvgIpc) is 3.10. The Labute approximate surface area is 151 Å². The monoisotopic (exact) mass is 361 g/mol. The van der Waals surface area contributed by atoms with Gasteiger partial charge < -0.3 is 24.3 Å². The first-order valence-corrected chi connectivity index (χ1v) is 8.30. The van der Waals surface area contributed by atoms with Crippen molar-refractivity contribution in [3.05, 3.63) is 47.4 Å². The molecule has 0 aliphatic carbocycles.